The first-order chi connectivity index (χ1) is 10.2. The molecule has 2 atom stereocenters. The second kappa shape index (κ2) is 4.84. The predicted octanol–water partition coefficient (Wildman–Crippen LogP) is 2.04. The molecule has 5 heterocycles. The highest BCUT2D eigenvalue weighted by Gasteiger charge is 2.40. The van der Waals surface area contributed by atoms with E-state index >= 15 is 0 Å². The zero-order chi connectivity index (χ0) is 14.4. The van der Waals surface area contributed by atoms with Crippen LogP contribution < -0.4 is 5.32 Å². The van der Waals surface area contributed by atoms with Crippen molar-refractivity contribution in [3.05, 3.63) is 30.3 Å². The SMILES string of the molecule is C[C@@H]1[C@H](NC(=O)c2cc3ccoc3cn2)C2CCN1CC2. The molecule has 2 aromatic rings. The lowest BCUT2D eigenvalue weighted by molar-refractivity contribution is 0.0216. The highest BCUT2D eigenvalue weighted by Crippen LogP contribution is 2.32. The molecule has 21 heavy (non-hydrogen) atoms. The summed E-state index contributed by atoms with van der Waals surface area (Å²) in [6.07, 6.45) is 5.60. The van der Waals surface area contributed by atoms with Gasteiger partial charge in [0.05, 0.1) is 12.5 Å². The van der Waals surface area contributed by atoms with Crippen molar-refractivity contribution in [1.29, 1.82) is 0 Å². The smallest absolute Gasteiger partial charge is 0.270 e. The van der Waals surface area contributed by atoms with Crippen molar-refractivity contribution in [3.8, 4) is 0 Å². The third kappa shape index (κ3) is 2.12. The minimum atomic E-state index is -0.0799. The van der Waals surface area contributed by atoms with E-state index in [-0.39, 0.29) is 11.9 Å². The first-order valence-electron chi connectivity index (χ1n) is 7.60. The number of piperidine rings is 3. The molecule has 0 aromatic carbocycles. The van der Waals surface area contributed by atoms with Crippen molar-refractivity contribution >= 4 is 16.9 Å². The standard InChI is InChI=1S/C16H19N3O2/c1-10-15(11-2-5-19(10)6-3-11)18-16(20)13-8-12-4-7-21-14(12)9-17-13/h4,7-11,15H,2-3,5-6H2,1H3,(H,18,20)/t10-,15+/m1/s1. The molecule has 5 heteroatoms. The lowest BCUT2D eigenvalue weighted by Gasteiger charge is -2.49. The number of hydrogen-bond acceptors (Lipinski definition) is 4. The summed E-state index contributed by atoms with van der Waals surface area (Å²) in [5.41, 5.74) is 1.18. The number of carbonyl (C=O) groups excluding carboxylic acids is 1. The fraction of sp³-hybridized carbons (Fsp3) is 0.500. The van der Waals surface area contributed by atoms with Gasteiger partial charge in [-0.15, -0.1) is 0 Å². The maximum atomic E-state index is 12.5. The number of pyridine rings is 1. The van der Waals surface area contributed by atoms with Crippen molar-refractivity contribution in [2.24, 2.45) is 5.92 Å². The van der Waals surface area contributed by atoms with Gasteiger partial charge in [-0.25, -0.2) is 4.98 Å². The van der Waals surface area contributed by atoms with Gasteiger partial charge in [-0.2, -0.15) is 0 Å². The van der Waals surface area contributed by atoms with Gasteiger partial charge in [0, 0.05) is 17.5 Å². The molecule has 5 rings (SSSR count). The molecular formula is C16H19N3O2. The molecule has 0 radical (unpaired) electrons. The number of fused-ring (bicyclic) bond motifs is 4. The Bertz CT molecular complexity index is 671. The van der Waals surface area contributed by atoms with E-state index in [2.05, 4.69) is 22.1 Å². The Morgan fingerprint density at radius 3 is 3.00 bits per heavy atom. The van der Waals surface area contributed by atoms with Gasteiger partial charge in [-0.1, -0.05) is 0 Å². The van der Waals surface area contributed by atoms with Crippen molar-refractivity contribution < 1.29 is 9.21 Å². The van der Waals surface area contributed by atoms with Crippen LogP contribution in [0.2, 0.25) is 0 Å². The van der Waals surface area contributed by atoms with Crippen LogP contribution in [0, 0.1) is 5.92 Å². The summed E-state index contributed by atoms with van der Waals surface area (Å²) in [7, 11) is 0. The van der Waals surface area contributed by atoms with E-state index in [1.807, 2.05) is 6.07 Å². The van der Waals surface area contributed by atoms with E-state index in [4.69, 9.17) is 4.42 Å². The van der Waals surface area contributed by atoms with Crippen LogP contribution in [-0.4, -0.2) is 41.0 Å². The van der Waals surface area contributed by atoms with Gasteiger partial charge in [-0.05, 0) is 50.9 Å². The zero-order valence-electron chi connectivity index (χ0n) is 12.1. The average molecular weight is 285 g/mol. The van der Waals surface area contributed by atoms with Crippen LogP contribution in [0.5, 0.6) is 0 Å². The maximum Gasteiger partial charge on any atom is 0.270 e. The van der Waals surface area contributed by atoms with Crippen molar-refractivity contribution in [2.45, 2.75) is 31.8 Å². The first kappa shape index (κ1) is 12.8. The number of nitrogens with one attached hydrogen (secondary N) is 1. The summed E-state index contributed by atoms with van der Waals surface area (Å²) < 4.78 is 5.26. The predicted molar refractivity (Wildman–Crippen MR) is 79.0 cm³/mol. The van der Waals surface area contributed by atoms with E-state index in [1.54, 1.807) is 18.5 Å². The molecule has 3 fully saturated rings. The Morgan fingerprint density at radius 2 is 2.24 bits per heavy atom. The van der Waals surface area contributed by atoms with Crippen LogP contribution in [0.4, 0.5) is 0 Å². The van der Waals surface area contributed by atoms with Crippen LogP contribution in [0.25, 0.3) is 11.0 Å². The normalized spacial score (nSPS) is 31.5. The van der Waals surface area contributed by atoms with E-state index in [0.717, 1.165) is 18.5 Å². The van der Waals surface area contributed by atoms with E-state index in [1.165, 1.54) is 12.8 Å². The molecule has 2 bridgehead atoms. The minimum absolute atomic E-state index is 0.0799. The third-order valence-electron chi connectivity index (χ3n) is 5.05. The molecule has 0 aliphatic carbocycles. The molecule has 2 aromatic heterocycles. The van der Waals surface area contributed by atoms with E-state index < -0.39 is 0 Å². The van der Waals surface area contributed by atoms with E-state index in [9.17, 15) is 4.79 Å². The zero-order valence-corrected chi connectivity index (χ0v) is 12.1. The average Bonchev–Trinajstić information content (AvgIpc) is 2.98. The Hall–Kier alpha value is -1.88. The number of furan rings is 1. The quantitative estimate of drug-likeness (QED) is 0.917. The Kier molecular flexibility index (Phi) is 2.96. The third-order valence-corrected chi connectivity index (χ3v) is 5.05. The fourth-order valence-electron chi connectivity index (χ4n) is 3.76. The second-order valence-corrected chi connectivity index (χ2v) is 6.14. The highest BCUT2D eigenvalue weighted by molar-refractivity contribution is 5.95. The van der Waals surface area contributed by atoms with Gasteiger partial charge < -0.3 is 9.73 Å². The molecule has 110 valence electrons. The summed E-state index contributed by atoms with van der Waals surface area (Å²) in [5.74, 6) is 0.523. The molecule has 3 aliphatic rings. The summed E-state index contributed by atoms with van der Waals surface area (Å²) in [4.78, 5) is 19.2. The highest BCUT2D eigenvalue weighted by atomic mass is 16.3. The lowest BCUT2D eigenvalue weighted by atomic mass is 9.79. The van der Waals surface area contributed by atoms with Gasteiger partial charge in [0.15, 0.2) is 5.58 Å². The summed E-state index contributed by atoms with van der Waals surface area (Å²) >= 11 is 0. The van der Waals surface area contributed by atoms with Crippen LogP contribution in [0.3, 0.4) is 0 Å². The molecule has 1 amide bonds. The Labute approximate surface area is 123 Å². The molecule has 0 spiro atoms. The topological polar surface area (TPSA) is 58.4 Å². The largest absolute Gasteiger partial charge is 0.463 e. The molecule has 0 saturated carbocycles. The van der Waals surface area contributed by atoms with Crippen LogP contribution in [0.15, 0.2) is 29.0 Å². The number of aromatic nitrogens is 1. The van der Waals surface area contributed by atoms with E-state index in [0.29, 0.717) is 23.2 Å². The Balaban J connectivity index is 1.54. The summed E-state index contributed by atoms with van der Waals surface area (Å²) in [5, 5.41) is 4.11. The van der Waals surface area contributed by atoms with Gasteiger partial charge in [0.25, 0.3) is 5.91 Å². The van der Waals surface area contributed by atoms with Crippen LogP contribution >= 0.6 is 0 Å². The number of carbonyl (C=O) groups is 1. The van der Waals surface area contributed by atoms with Crippen molar-refractivity contribution in [1.82, 2.24) is 15.2 Å². The second-order valence-electron chi connectivity index (χ2n) is 6.14. The van der Waals surface area contributed by atoms with Crippen LogP contribution in [-0.2, 0) is 0 Å². The first-order valence-corrected chi connectivity index (χ1v) is 7.60. The molecule has 3 saturated heterocycles. The van der Waals surface area contributed by atoms with Crippen molar-refractivity contribution in [2.75, 3.05) is 13.1 Å². The molecule has 3 aliphatic heterocycles. The number of rotatable bonds is 2. The number of hydrogen-bond donors (Lipinski definition) is 1. The number of amides is 1. The van der Waals surface area contributed by atoms with Gasteiger partial charge >= 0.3 is 0 Å². The van der Waals surface area contributed by atoms with Gasteiger partial charge in [0.2, 0.25) is 0 Å². The minimum Gasteiger partial charge on any atom is -0.463 e. The monoisotopic (exact) mass is 285 g/mol. The molecule has 5 nitrogen and oxygen atoms in total. The van der Waals surface area contributed by atoms with Crippen LogP contribution in [0.1, 0.15) is 30.3 Å². The molecular weight excluding hydrogens is 266 g/mol. The summed E-state index contributed by atoms with van der Waals surface area (Å²) in [6, 6.07) is 4.30. The van der Waals surface area contributed by atoms with Gasteiger partial charge in [0.1, 0.15) is 5.69 Å². The number of nitrogens with zero attached hydrogens (tertiary/aromatic N) is 2. The molecule has 0 unspecified atom stereocenters. The molecule has 1 N–H and O–H groups in total. The van der Waals surface area contributed by atoms with Crippen molar-refractivity contribution in [3.63, 3.8) is 0 Å². The fourth-order valence-corrected chi connectivity index (χ4v) is 3.76. The lowest BCUT2D eigenvalue weighted by Crippen LogP contribution is -2.62. The Morgan fingerprint density at radius 1 is 1.43 bits per heavy atom. The van der Waals surface area contributed by atoms with Gasteiger partial charge in [-0.3, -0.25) is 9.69 Å². The summed E-state index contributed by atoms with van der Waals surface area (Å²) in [6.45, 7) is 4.54. The maximum absolute atomic E-state index is 12.5.